The second kappa shape index (κ2) is 8.08. The van der Waals surface area contributed by atoms with Crippen LogP contribution in [0.1, 0.15) is 65.0 Å². The highest BCUT2D eigenvalue weighted by Gasteiger charge is 2.31. The number of nitrogens with zero attached hydrogens (tertiary/aromatic N) is 4. The van der Waals surface area contributed by atoms with Gasteiger partial charge < -0.3 is 14.8 Å². The third kappa shape index (κ3) is 3.88. The minimum atomic E-state index is -0.336. The molecule has 1 aromatic carbocycles. The number of nitrogens with one attached hydrogen (secondary N) is 1. The minimum absolute atomic E-state index is 0.0782. The van der Waals surface area contributed by atoms with Gasteiger partial charge in [-0.25, -0.2) is 4.98 Å². The SMILES string of the molecule is CC1CCN(C(=O)c2nc(C(=O)Nc3cccc(C#N)c3)c3n2CCCC3)CC1. The van der Waals surface area contributed by atoms with Crippen LogP contribution in [0.5, 0.6) is 0 Å². The first-order chi connectivity index (χ1) is 14.1. The summed E-state index contributed by atoms with van der Waals surface area (Å²) in [6.07, 6.45) is 4.69. The molecule has 0 bridgehead atoms. The number of carbonyl (C=O) groups excluding carboxylic acids is 2. The van der Waals surface area contributed by atoms with E-state index in [0.29, 0.717) is 35.2 Å². The third-order valence-corrected chi connectivity index (χ3v) is 5.84. The van der Waals surface area contributed by atoms with Crippen molar-refractivity contribution in [2.75, 3.05) is 18.4 Å². The van der Waals surface area contributed by atoms with Crippen molar-refractivity contribution < 1.29 is 9.59 Å². The number of piperidine rings is 1. The number of carbonyl (C=O) groups is 2. The molecule has 3 heterocycles. The monoisotopic (exact) mass is 391 g/mol. The Labute approximate surface area is 170 Å². The van der Waals surface area contributed by atoms with E-state index in [-0.39, 0.29) is 11.8 Å². The molecule has 2 amide bonds. The highest BCUT2D eigenvalue weighted by Crippen LogP contribution is 2.25. The highest BCUT2D eigenvalue weighted by atomic mass is 16.2. The van der Waals surface area contributed by atoms with Crippen LogP contribution in [0.4, 0.5) is 5.69 Å². The molecule has 1 fully saturated rings. The number of rotatable bonds is 3. The predicted molar refractivity (Wildman–Crippen MR) is 109 cm³/mol. The topological polar surface area (TPSA) is 91.0 Å². The van der Waals surface area contributed by atoms with E-state index < -0.39 is 0 Å². The normalized spacial score (nSPS) is 16.8. The Morgan fingerprint density at radius 1 is 1.21 bits per heavy atom. The van der Waals surface area contributed by atoms with E-state index in [1.807, 2.05) is 9.47 Å². The number of fused-ring (bicyclic) bond motifs is 1. The molecular weight excluding hydrogens is 366 g/mol. The van der Waals surface area contributed by atoms with Crippen molar-refractivity contribution in [2.24, 2.45) is 5.92 Å². The Bertz CT molecular complexity index is 980. The summed E-state index contributed by atoms with van der Waals surface area (Å²) in [5, 5.41) is 11.9. The molecule has 1 aromatic heterocycles. The molecule has 150 valence electrons. The van der Waals surface area contributed by atoms with Gasteiger partial charge in [0.2, 0.25) is 0 Å². The summed E-state index contributed by atoms with van der Waals surface area (Å²) in [5.74, 6) is 0.603. The maximum Gasteiger partial charge on any atom is 0.289 e. The van der Waals surface area contributed by atoms with E-state index >= 15 is 0 Å². The van der Waals surface area contributed by atoms with Gasteiger partial charge in [0.15, 0.2) is 11.5 Å². The van der Waals surface area contributed by atoms with Gasteiger partial charge in [-0.2, -0.15) is 5.26 Å². The van der Waals surface area contributed by atoms with Crippen molar-refractivity contribution >= 4 is 17.5 Å². The predicted octanol–water partition coefficient (Wildman–Crippen LogP) is 3.22. The van der Waals surface area contributed by atoms with E-state index in [2.05, 4.69) is 23.3 Å². The number of benzene rings is 1. The number of hydrogen-bond donors (Lipinski definition) is 1. The lowest BCUT2D eigenvalue weighted by molar-refractivity contribution is 0.0678. The minimum Gasteiger partial charge on any atom is -0.336 e. The molecule has 0 unspecified atom stereocenters. The molecule has 0 radical (unpaired) electrons. The zero-order chi connectivity index (χ0) is 20.4. The maximum atomic E-state index is 13.1. The van der Waals surface area contributed by atoms with E-state index in [0.717, 1.165) is 50.9 Å². The van der Waals surface area contributed by atoms with Gasteiger partial charge in [0.25, 0.3) is 11.8 Å². The zero-order valence-corrected chi connectivity index (χ0v) is 16.6. The van der Waals surface area contributed by atoms with Crippen molar-refractivity contribution in [2.45, 2.75) is 45.6 Å². The molecule has 1 N–H and O–H groups in total. The van der Waals surface area contributed by atoms with Crippen molar-refractivity contribution in [3.8, 4) is 6.07 Å². The average molecular weight is 391 g/mol. The lowest BCUT2D eigenvalue weighted by Gasteiger charge is -2.30. The van der Waals surface area contributed by atoms with Crippen molar-refractivity contribution in [3.63, 3.8) is 0 Å². The Morgan fingerprint density at radius 2 is 2.00 bits per heavy atom. The lowest BCUT2D eigenvalue weighted by Crippen LogP contribution is -2.39. The molecule has 4 rings (SSSR count). The molecule has 0 spiro atoms. The summed E-state index contributed by atoms with van der Waals surface area (Å²) >= 11 is 0. The Hall–Kier alpha value is -3.14. The molecular formula is C22H25N5O2. The highest BCUT2D eigenvalue weighted by molar-refractivity contribution is 6.05. The summed E-state index contributed by atoms with van der Waals surface area (Å²) in [6.45, 7) is 4.41. The standard InChI is InChI=1S/C22H25N5O2/c1-15-8-11-26(12-9-15)22(29)20-25-19(18-7-2-3-10-27(18)20)21(28)24-17-6-4-5-16(13-17)14-23/h4-6,13,15H,2-3,7-12H2,1H3,(H,24,28). The van der Waals surface area contributed by atoms with E-state index in [9.17, 15) is 9.59 Å². The molecule has 2 aliphatic rings. The molecule has 7 heteroatoms. The van der Waals surface area contributed by atoms with Crippen LogP contribution in [-0.2, 0) is 13.0 Å². The molecule has 0 aliphatic carbocycles. The zero-order valence-electron chi connectivity index (χ0n) is 16.6. The second-order valence-corrected chi connectivity index (χ2v) is 7.96. The van der Waals surface area contributed by atoms with Gasteiger partial charge in [0.05, 0.1) is 17.3 Å². The van der Waals surface area contributed by atoms with Crippen LogP contribution in [0.3, 0.4) is 0 Å². The molecule has 0 atom stereocenters. The van der Waals surface area contributed by atoms with Gasteiger partial charge in [-0.15, -0.1) is 0 Å². The number of likely N-dealkylation sites (tertiary alicyclic amines) is 1. The van der Waals surface area contributed by atoms with Gasteiger partial charge in [0.1, 0.15) is 0 Å². The first-order valence-electron chi connectivity index (χ1n) is 10.3. The first-order valence-corrected chi connectivity index (χ1v) is 10.3. The van der Waals surface area contributed by atoms with Crippen molar-refractivity contribution in [1.29, 1.82) is 5.26 Å². The Kier molecular flexibility index (Phi) is 5.34. The fourth-order valence-corrected chi connectivity index (χ4v) is 4.10. The summed E-state index contributed by atoms with van der Waals surface area (Å²) in [7, 11) is 0. The number of amides is 2. The summed E-state index contributed by atoms with van der Waals surface area (Å²) in [6, 6.07) is 8.84. The average Bonchev–Trinajstić information content (AvgIpc) is 3.14. The summed E-state index contributed by atoms with van der Waals surface area (Å²) in [5.41, 5.74) is 2.18. The number of nitriles is 1. The number of aromatic nitrogens is 2. The van der Waals surface area contributed by atoms with Gasteiger partial charge in [0, 0.05) is 25.3 Å². The molecule has 1 saturated heterocycles. The fraction of sp³-hybridized carbons (Fsp3) is 0.455. The molecule has 0 saturated carbocycles. The Morgan fingerprint density at radius 3 is 2.76 bits per heavy atom. The van der Waals surface area contributed by atoms with Crippen LogP contribution in [0.15, 0.2) is 24.3 Å². The van der Waals surface area contributed by atoms with Crippen molar-refractivity contribution in [3.05, 3.63) is 47.0 Å². The van der Waals surface area contributed by atoms with E-state index in [1.165, 1.54) is 0 Å². The van der Waals surface area contributed by atoms with Gasteiger partial charge in [-0.05, 0) is 56.2 Å². The molecule has 2 aliphatic heterocycles. The summed E-state index contributed by atoms with van der Waals surface area (Å²) < 4.78 is 1.94. The summed E-state index contributed by atoms with van der Waals surface area (Å²) in [4.78, 5) is 32.5. The smallest absolute Gasteiger partial charge is 0.289 e. The largest absolute Gasteiger partial charge is 0.336 e. The third-order valence-electron chi connectivity index (χ3n) is 5.84. The number of imidazole rings is 1. The maximum absolute atomic E-state index is 13.1. The van der Waals surface area contributed by atoms with Crippen molar-refractivity contribution in [1.82, 2.24) is 14.5 Å². The van der Waals surface area contributed by atoms with Crippen LogP contribution in [0, 0.1) is 17.2 Å². The van der Waals surface area contributed by atoms with Gasteiger partial charge in [-0.1, -0.05) is 13.0 Å². The Balaban J connectivity index is 1.61. The van der Waals surface area contributed by atoms with E-state index in [1.54, 1.807) is 24.3 Å². The van der Waals surface area contributed by atoms with Gasteiger partial charge in [-0.3, -0.25) is 9.59 Å². The fourth-order valence-electron chi connectivity index (χ4n) is 4.10. The lowest BCUT2D eigenvalue weighted by atomic mass is 9.99. The quantitative estimate of drug-likeness (QED) is 0.870. The van der Waals surface area contributed by atoms with E-state index in [4.69, 9.17) is 5.26 Å². The second-order valence-electron chi connectivity index (χ2n) is 7.96. The first kappa shape index (κ1) is 19.2. The number of hydrogen-bond acceptors (Lipinski definition) is 4. The van der Waals surface area contributed by atoms with Crippen LogP contribution in [0.2, 0.25) is 0 Å². The van der Waals surface area contributed by atoms with Crippen LogP contribution < -0.4 is 5.32 Å². The van der Waals surface area contributed by atoms with Gasteiger partial charge >= 0.3 is 0 Å². The van der Waals surface area contributed by atoms with Crippen LogP contribution in [-0.4, -0.2) is 39.4 Å². The number of anilines is 1. The molecule has 29 heavy (non-hydrogen) atoms. The molecule has 2 aromatic rings. The van der Waals surface area contributed by atoms with Crippen LogP contribution >= 0.6 is 0 Å². The van der Waals surface area contributed by atoms with Crippen LogP contribution in [0.25, 0.3) is 0 Å². The molecule has 7 nitrogen and oxygen atoms in total.